The summed E-state index contributed by atoms with van der Waals surface area (Å²) in [6.45, 7) is 0.498. The molecule has 0 unspecified atom stereocenters. The first-order valence-corrected chi connectivity index (χ1v) is 3.81. The Morgan fingerprint density at radius 3 is 3.08 bits per heavy atom. The second-order valence-electron chi connectivity index (χ2n) is 2.53. The number of aromatic carboxylic acids is 1. The molecule has 0 saturated heterocycles. The van der Waals surface area contributed by atoms with Gasteiger partial charge in [-0.05, 0) is 6.07 Å². The third kappa shape index (κ3) is 2.56. The summed E-state index contributed by atoms with van der Waals surface area (Å²) in [6, 6.07) is 5.05. The number of rotatable bonds is 3. The number of carboxylic acid groups (broad SMARTS) is 1. The maximum Gasteiger partial charge on any atom is 0.177 e. The lowest BCUT2D eigenvalue weighted by Crippen LogP contribution is -2.35. The molecule has 0 aliphatic heterocycles. The van der Waals surface area contributed by atoms with Gasteiger partial charge in [-0.15, -0.1) is 0 Å². The lowest BCUT2D eigenvalue weighted by atomic mass is 10.3. The highest BCUT2D eigenvalue weighted by molar-refractivity contribution is 5.84. The fourth-order valence-electron chi connectivity index (χ4n) is 0.961. The Morgan fingerprint density at radius 2 is 2.46 bits per heavy atom. The molecule has 4 heteroatoms. The topological polar surface area (TPSA) is 67.8 Å². The summed E-state index contributed by atoms with van der Waals surface area (Å²) in [5, 5.41) is 18.8. The van der Waals surface area contributed by atoms with Crippen LogP contribution in [0.1, 0.15) is 16.8 Å². The van der Waals surface area contributed by atoms with Gasteiger partial charge in [0.25, 0.3) is 0 Å². The van der Waals surface area contributed by atoms with Crippen LogP contribution in [0, 0.1) is 11.3 Å². The second-order valence-corrected chi connectivity index (χ2v) is 2.53. The van der Waals surface area contributed by atoms with Crippen LogP contribution in [0.25, 0.3) is 0 Å². The Balaban J connectivity index is 2.80. The van der Waals surface area contributed by atoms with Crippen molar-refractivity contribution >= 4 is 5.97 Å². The van der Waals surface area contributed by atoms with Crippen molar-refractivity contribution in [3.63, 3.8) is 0 Å². The highest BCUT2D eigenvalue weighted by Gasteiger charge is 2.01. The minimum Gasteiger partial charge on any atom is -0.545 e. The Bertz CT molecular complexity index is 355. The van der Waals surface area contributed by atoms with Crippen molar-refractivity contribution in [2.75, 3.05) is 0 Å². The quantitative estimate of drug-likeness (QED) is 0.569. The Labute approximate surface area is 75.7 Å². The fourth-order valence-corrected chi connectivity index (χ4v) is 0.961. The smallest absolute Gasteiger partial charge is 0.177 e. The maximum atomic E-state index is 10.4. The van der Waals surface area contributed by atoms with Gasteiger partial charge in [-0.1, -0.05) is 0 Å². The Morgan fingerprint density at radius 1 is 1.69 bits per heavy atom. The molecule has 0 radical (unpaired) electrons. The Hall–Kier alpha value is -1.89. The van der Waals surface area contributed by atoms with E-state index in [0.717, 1.165) is 0 Å². The van der Waals surface area contributed by atoms with E-state index in [0.29, 0.717) is 13.0 Å². The number of aryl methyl sites for hydroxylation is 1. The molecule has 0 amide bonds. The number of carbonyl (C=O) groups excluding carboxylic acids is 1. The zero-order valence-electron chi connectivity index (χ0n) is 6.93. The van der Waals surface area contributed by atoms with Gasteiger partial charge in [-0.3, -0.25) is 0 Å². The van der Waals surface area contributed by atoms with Crippen LogP contribution < -0.4 is 9.67 Å². The average molecular weight is 176 g/mol. The second kappa shape index (κ2) is 4.21. The van der Waals surface area contributed by atoms with Gasteiger partial charge in [-0.2, -0.15) is 5.26 Å². The molecular formula is C9H8N2O2. The van der Waals surface area contributed by atoms with Gasteiger partial charge < -0.3 is 9.90 Å². The number of carbonyl (C=O) groups is 1. The molecule has 4 nitrogen and oxygen atoms in total. The number of nitriles is 1. The van der Waals surface area contributed by atoms with Crippen LogP contribution >= 0.6 is 0 Å². The molecule has 0 fully saturated rings. The Kier molecular flexibility index (Phi) is 2.98. The first-order valence-electron chi connectivity index (χ1n) is 3.81. The SMILES string of the molecule is N#CCC[n+]1cccc(C(=O)[O-])c1. The highest BCUT2D eigenvalue weighted by Crippen LogP contribution is 1.91. The van der Waals surface area contributed by atoms with E-state index in [1.807, 2.05) is 6.07 Å². The summed E-state index contributed by atoms with van der Waals surface area (Å²) in [5.74, 6) is -1.20. The van der Waals surface area contributed by atoms with E-state index in [-0.39, 0.29) is 5.56 Å². The molecule has 0 atom stereocenters. The predicted molar refractivity (Wildman–Crippen MR) is 41.2 cm³/mol. The standard InChI is InChI=1S/C9H8N2O2/c10-4-2-6-11-5-1-3-8(7-11)9(12)13/h1,3,5,7H,2,6H2. The normalized spacial score (nSPS) is 9.15. The molecule has 0 N–H and O–H groups in total. The minimum atomic E-state index is -1.20. The number of pyridine rings is 1. The molecule has 1 heterocycles. The molecule has 1 aromatic heterocycles. The summed E-state index contributed by atoms with van der Waals surface area (Å²) >= 11 is 0. The highest BCUT2D eigenvalue weighted by atomic mass is 16.4. The van der Waals surface area contributed by atoms with Crippen LogP contribution in [0.5, 0.6) is 0 Å². The van der Waals surface area contributed by atoms with E-state index in [1.165, 1.54) is 12.3 Å². The molecule has 0 saturated carbocycles. The van der Waals surface area contributed by atoms with Crippen LogP contribution in [-0.2, 0) is 6.54 Å². The molecular weight excluding hydrogens is 168 g/mol. The third-order valence-corrected chi connectivity index (χ3v) is 1.58. The molecule has 0 aliphatic carbocycles. The van der Waals surface area contributed by atoms with Crippen molar-refractivity contribution in [2.24, 2.45) is 0 Å². The first-order chi connectivity index (χ1) is 6.24. The summed E-state index contributed by atoms with van der Waals surface area (Å²) < 4.78 is 1.65. The average Bonchev–Trinajstić information content (AvgIpc) is 2.15. The molecule has 0 aliphatic rings. The number of aromatic nitrogens is 1. The van der Waals surface area contributed by atoms with Crippen LogP contribution in [0.3, 0.4) is 0 Å². The molecule has 1 rings (SSSR count). The number of carboxylic acids is 1. The van der Waals surface area contributed by atoms with Gasteiger partial charge in [0.1, 0.15) is 0 Å². The molecule has 0 bridgehead atoms. The van der Waals surface area contributed by atoms with Crippen molar-refractivity contribution in [2.45, 2.75) is 13.0 Å². The molecule has 1 aromatic rings. The lowest BCUT2D eigenvalue weighted by molar-refractivity contribution is -0.696. The number of nitrogens with zero attached hydrogens (tertiary/aromatic N) is 2. The third-order valence-electron chi connectivity index (χ3n) is 1.58. The van der Waals surface area contributed by atoms with Crippen molar-refractivity contribution < 1.29 is 14.5 Å². The molecule has 13 heavy (non-hydrogen) atoms. The first kappa shape index (κ1) is 9.20. The summed E-state index contributed by atoms with van der Waals surface area (Å²) in [4.78, 5) is 10.4. The van der Waals surface area contributed by atoms with Gasteiger partial charge in [0.05, 0.1) is 24.0 Å². The van der Waals surface area contributed by atoms with Crippen molar-refractivity contribution in [3.8, 4) is 6.07 Å². The molecule has 0 spiro atoms. The van der Waals surface area contributed by atoms with Crippen LogP contribution in [0.15, 0.2) is 24.5 Å². The summed E-state index contributed by atoms with van der Waals surface area (Å²) in [6.07, 6.45) is 3.53. The number of hydrogen-bond acceptors (Lipinski definition) is 3. The largest absolute Gasteiger partial charge is 0.545 e. The molecule has 0 aromatic carbocycles. The molecule has 66 valence electrons. The van der Waals surface area contributed by atoms with E-state index < -0.39 is 5.97 Å². The monoisotopic (exact) mass is 176 g/mol. The number of hydrogen-bond donors (Lipinski definition) is 0. The van der Waals surface area contributed by atoms with Gasteiger partial charge in [0.15, 0.2) is 18.9 Å². The minimum absolute atomic E-state index is 0.125. The van der Waals surface area contributed by atoms with E-state index >= 15 is 0 Å². The van der Waals surface area contributed by atoms with Crippen molar-refractivity contribution in [3.05, 3.63) is 30.1 Å². The van der Waals surface area contributed by atoms with E-state index in [9.17, 15) is 9.90 Å². The van der Waals surface area contributed by atoms with E-state index in [4.69, 9.17) is 5.26 Å². The van der Waals surface area contributed by atoms with Gasteiger partial charge in [0.2, 0.25) is 0 Å². The van der Waals surface area contributed by atoms with Crippen molar-refractivity contribution in [1.29, 1.82) is 5.26 Å². The van der Waals surface area contributed by atoms with Gasteiger partial charge in [0, 0.05) is 6.07 Å². The van der Waals surface area contributed by atoms with Gasteiger partial charge in [-0.25, -0.2) is 4.57 Å². The lowest BCUT2D eigenvalue weighted by Gasteiger charge is -1.99. The summed E-state index contributed by atoms with van der Waals surface area (Å²) in [5.41, 5.74) is 0.125. The van der Waals surface area contributed by atoms with E-state index in [2.05, 4.69) is 0 Å². The zero-order chi connectivity index (χ0) is 9.68. The summed E-state index contributed by atoms with van der Waals surface area (Å²) in [7, 11) is 0. The zero-order valence-corrected chi connectivity index (χ0v) is 6.93. The van der Waals surface area contributed by atoms with Crippen LogP contribution in [0.2, 0.25) is 0 Å². The van der Waals surface area contributed by atoms with Crippen molar-refractivity contribution in [1.82, 2.24) is 0 Å². The van der Waals surface area contributed by atoms with Crippen LogP contribution in [0.4, 0.5) is 0 Å². The van der Waals surface area contributed by atoms with E-state index in [1.54, 1.807) is 16.8 Å². The maximum absolute atomic E-state index is 10.4. The fraction of sp³-hybridized carbons (Fsp3) is 0.222. The predicted octanol–water partition coefficient (Wildman–Crippen LogP) is -0.749. The van der Waals surface area contributed by atoms with Crippen LogP contribution in [-0.4, -0.2) is 5.97 Å². The van der Waals surface area contributed by atoms with Gasteiger partial charge >= 0.3 is 0 Å².